The Morgan fingerprint density at radius 2 is 2.12 bits per heavy atom. The van der Waals surface area contributed by atoms with Crippen molar-refractivity contribution in [3.63, 3.8) is 0 Å². The van der Waals surface area contributed by atoms with Gasteiger partial charge in [-0.05, 0) is 66.5 Å². The van der Waals surface area contributed by atoms with Crippen LogP contribution in [0.2, 0.25) is 0 Å². The summed E-state index contributed by atoms with van der Waals surface area (Å²) >= 11 is 3.41. The molecule has 0 saturated carbocycles. The number of allylic oxidation sites excluding steroid dienone is 1. The number of rotatable bonds is 2. The molecule has 6 heteroatoms. The number of benzene rings is 2. The maximum absolute atomic E-state index is 12.5. The number of aromatic nitrogens is 2. The molecule has 2 aromatic carbocycles. The summed E-state index contributed by atoms with van der Waals surface area (Å²) in [6.45, 7) is 2.61. The molecule has 132 valence electrons. The van der Waals surface area contributed by atoms with Crippen LogP contribution in [-0.2, 0) is 6.54 Å². The highest BCUT2D eigenvalue weighted by atomic mass is 79.9. The summed E-state index contributed by atoms with van der Waals surface area (Å²) in [5.74, 6) is 1.28. The van der Waals surface area contributed by atoms with E-state index in [1.54, 1.807) is 6.07 Å². The normalized spacial score (nSPS) is 14.8. The molecule has 1 aromatic heterocycles. The first-order valence-corrected chi connectivity index (χ1v) is 9.06. The third kappa shape index (κ3) is 2.70. The van der Waals surface area contributed by atoms with Gasteiger partial charge in [-0.2, -0.15) is 4.98 Å². The fourth-order valence-electron chi connectivity index (χ4n) is 3.41. The lowest BCUT2D eigenvalue weighted by Gasteiger charge is -2.09. The van der Waals surface area contributed by atoms with Crippen molar-refractivity contribution in [1.29, 1.82) is 0 Å². The van der Waals surface area contributed by atoms with Gasteiger partial charge in [0.2, 0.25) is 0 Å². The number of fused-ring (bicyclic) bond motifs is 3. The summed E-state index contributed by atoms with van der Waals surface area (Å²) in [6, 6.07) is 9.37. The minimum absolute atomic E-state index is 0.146. The Hall–Kier alpha value is -2.60. The Morgan fingerprint density at radius 3 is 2.88 bits per heavy atom. The number of halogens is 1. The number of aryl methyl sites for hydroxylation is 2. The first-order chi connectivity index (χ1) is 12.5. The fourth-order valence-corrected chi connectivity index (χ4v) is 3.77. The van der Waals surface area contributed by atoms with Gasteiger partial charge < -0.3 is 14.4 Å². The van der Waals surface area contributed by atoms with Gasteiger partial charge in [0.05, 0.1) is 18.0 Å². The summed E-state index contributed by atoms with van der Waals surface area (Å²) in [7, 11) is 1.53. The topological polar surface area (TPSA) is 64.4 Å². The molecule has 0 radical (unpaired) electrons. The van der Waals surface area contributed by atoms with Crippen molar-refractivity contribution in [2.24, 2.45) is 0 Å². The fraction of sp³-hybridized carbons (Fsp3) is 0.200. The Bertz CT molecular complexity index is 1130. The maximum atomic E-state index is 12.5. The lowest BCUT2D eigenvalue weighted by Crippen LogP contribution is -2.14. The van der Waals surface area contributed by atoms with Gasteiger partial charge >= 0.3 is 0 Å². The highest BCUT2D eigenvalue weighted by Gasteiger charge is 2.21. The van der Waals surface area contributed by atoms with E-state index in [1.165, 1.54) is 7.11 Å². The molecule has 0 amide bonds. The zero-order valence-corrected chi connectivity index (χ0v) is 16.0. The molecule has 0 saturated heterocycles. The van der Waals surface area contributed by atoms with Crippen LogP contribution in [0.1, 0.15) is 23.4 Å². The zero-order valence-electron chi connectivity index (χ0n) is 14.4. The largest absolute Gasteiger partial charge is 0.504 e. The molecular weight excluding hydrogens is 396 g/mol. The van der Waals surface area contributed by atoms with Gasteiger partial charge in [-0.15, -0.1) is 0 Å². The molecule has 3 aromatic rings. The number of hydrogen-bond donors (Lipinski definition) is 1. The molecule has 0 bridgehead atoms. The van der Waals surface area contributed by atoms with E-state index in [2.05, 4.69) is 25.5 Å². The van der Waals surface area contributed by atoms with Gasteiger partial charge in [-0.3, -0.25) is 4.79 Å². The standard InChI is InChI=1S/C20H17BrN2O3/c1-11-7-12(9-17(26-2)18(11)24)8-13-5-6-23-16-4-3-14(21)10-15(16)20(25)22-19(13)23/h3-4,7-10,24H,5-6H2,1-2H3/b13-8+. The highest BCUT2D eigenvalue weighted by molar-refractivity contribution is 9.10. The molecule has 4 rings (SSSR count). The van der Waals surface area contributed by atoms with Gasteiger partial charge in [0.25, 0.3) is 5.56 Å². The Labute approximate surface area is 158 Å². The Kier molecular flexibility index (Phi) is 4.07. The minimum Gasteiger partial charge on any atom is -0.504 e. The molecule has 26 heavy (non-hydrogen) atoms. The number of nitrogens with zero attached hydrogens (tertiary/aromatic N) is 2. The van der Waals surface area contributed by atoms with Crippen LogP contribution in [0.5, 0.6) is 11.5 Å². The first kappa shape index (κ1) is 16.8. The quantitative estimate of drug-likeness (QED) is 0.687. The minimum atomic E-state index is -0.222. The van der Waals surface area contributed by atoms with Crippen LogP contribution >= 0.6 is 15.9 Å². The Balaban J connectivity index is 1.88. The zero-order chi connectivity index (χ0) is 18.4. The molecule has 2 heterocycles. The van der Waals surface area contributed by atoms with E-state index >= 15 is 0 Å². The van der Waals surface area contributed by atoms with Crippen LogP contribution in [-0.4, -0.2) is 21.8 Å². The molecule has 0 fully saturated rings. The van der Waals surface area contributed by atoms with E-state index in [0.29, 0.717) is 17.0 Å². The predicted molar refractivity (Wildman–Crippen MR) is 106 cm³/mol. The van der Waals surface area contributed by atoms with Gasteiger partial charge in [0.1, 0.15) is 5.82 Å². The number of hydrogen-bond acceptors (Lipinski definition) is 4. The van der Waals surface area contributed by atoms with E-state index in [9.17, 15) is 9.90 Å². The number of methoxy groups -OCH3 is 1. The average molecular weight is 413 g/mol. The number of phenols is 1. The molecule has 1 aliphatic heterocycles. The number of aromatic hydroxyl groups is 1. The first-order valence-electron chi connectivity index (χ1n) is 8.26. The van der Waals surface area contributed by atoms with Crippen LogP contribution in [0.4, 0.5) is 0 Å². The van der Waals surface area contributed by atoms with Crippen LogP contribution in [0.15, 0.2) is 39.6 Å². The van der Waals surface area contributed by atoms with E-state index < -0.39 is 0 Å². The molecule has 0 atom stereocenters. The molecule has 1 aliphatic rings. The Morgan fingerprint density at radius 1 is 1.31 bits per heavy atom. The number of ether oxygens (including phenoxy) is 1. The maximum Gasteiger partial charge on any atom is 0.281 e. The van der Waals surface area contributed by atoms with Gasteiger partial charge in [-0.1, -0.05) is 15.9 Å². The summed E-state index contributed by atoms with van der Waals surface area (Å²) in [5, 5.41) is 10.6. The van der Waals surface area contributed by atoms with Crippen molar-refractivity contribution in [3.05, 3.63) is 62.1 Å². The van der Waals surface area contributed by atoms with E-state index in [4.69, 9.17) is 4.74 Å². The van der Waals surface area contributed by atoms with Crippen molar-refractivity contribution in [2.45, 2.75) is 19.9 Å². The van der Waals surface area contributed by atoms with Crippen LogP contribution in [0, 0.1) is 6.92 Å². The average Bonchev–Trinajstić information content (AvgIpc) is 3.00. The lowest BCUT2D eigenvalue weighted by atomic mass is 10.1. The summed E-state index contributed by atoms with van der Waals surface area (Å²) in [4.78, 5) is 16.8. The molecule has 5 nitrogen and oxygen atoms in total. The second kappa shape index (κ2) is 6.29. The summed E-state index contributed by atoms with van der Waals surface area (Å²) < 4.78 is 8.18. The predicted octanol–water partition coefficient (Wildman–Crippen LogP) is 4.13. The highest BCUT2D eigenvalue weighted by Crippen LogP contribution is 2.34. The monoisotopic (exact) mass is 412 g/mol. The van der Waals surface area contributed by atoms with Crippen LogP contribution in [0.25, 0.3) is 22.6 Å². The molecule has 0 unspecified atom stereocenters. The van der Waals surface area contributed by atoms with Crippen molar-refractivity contribution in [2.75, 3.05) is 7.11 Å². The van der Waals surface area contributed by atoms with E-state index in [-0.39, 0.29) is 11.3 Å². The van der Waals surface area contributed by atoms with Crippen LogP contribution in [0.3, 0.4) is 0 Å². The van der Waals surface area contributed by atoms with E-state index in [1.807, 2.05) is 37.3 Å². The summed E-state index contributed by atoms with van der Waals surface area (Å²) in [6.07, 6.45) is 2.80. The van der Waals surface area contributed by atoms with Crippen molar-refractivity contribution in [3.8, 4) is 11.5 Å². The third-order valence-corrected chi connectivity index (χ3v) is 5.18. The van der Waals surface area contributed by atoms with Crippen molar-refractivity contribution in [1.82, 2.24) is 9.55 Å². The van der Waals surface area contributed by atoms with Crippen LogP contribution < -0.4 is 10.3 Å². The SMILES string of the molecule is COc1cc(/C=C2\CCn3c2nc(=O)c2cc(Br)ccc23)cc(C)c1O. The van der Waals surface area contributed by atoms with Gasteiger partial charge in [0.15, 0.2) is 11.5 Å². The molecule has 0 aliphatic carbocycles. The second-order valence-corrected chi connectivity index (χ2v) is 7.28. The molecule has 0 spiro atoms. The lowest BCUT2D eigenvalue weighted by molar-refractivity contribution is 0.371. The summed E-state index contributed by atoms with van der Waals surface area (Å²) in [5.41, 5.74) is 3.32. The molecule has 1 N–H and O–H groups in total. The smallest absolute Gasteiger partial charge is 0.281 e. The molecular formula is C20H17BrN2O3. The second-order valence-electron chi connectivity index (χ2n) is 6.36. The van der Waals surface area contributed by atoms with Gasteiger partial charge in [-0.25, -0.2) is 0 Å². The van der Waals surface area contributed by atoms with Gasteiger partial charge in [0, 0.05) is 11.0 Å². The van der Waals surface area contributed by atoms with Crippen molar-refractivity contribution < 1.29 is 9.84 Å². The van der Waals surface area contributed by atoms with Crippen molar-refractivity contribution >= 4 is 38.5 Å². The third-order valence-electron chi connectivity index (χ3n) is 4.68. The van der Waals surface area contributed by atoms with E-state index in [0.717, 1.165) is 39.7 Å². The number of phenolic OH excluding ortho intramolecular Hbond substituents is 1.